The standard InChI is InChI=1S/C12H13F4N/c1-7(2)5-11(17)9-4-3-8(13)6-10(9)12(14,15)16/h3-4,6,11H,1,5,17H2,2H3/t11-/m0/s1. The lowest BCUT2D eigenvalue weighted by atomic mass is 9.96. The molecule has 94 valence electrons. The van der Waals surface area contributed by atoms with Crippen molar-refractivity contribution >= 4 is 0 Å². The number of hydrogen-bond acceptors (Lipinski definition) is 1. The molecule has 0 heterocycles. The molecule has 1 aromatic rings. The molecule has 0 unspecified atom stereocenters. The lowest BCUT2D eigenvalue weighted by Crippen LogP contribution is -2.18. The number of halogens is 4. The molecule has 17 heavy (non-hydrogen) atoms. The van der Waals surface area contributed by atoms with E-state index in [0.29, 0.717) is 11.6 Å². The average molecular weight is 247 g/mol. The van der Waals surface area contributed by atoms with Crippen molar-refractivity contribution in [2.75, 3.05) is 0 Å². The predicted molar refractivity (Wildman–Crippen MR) is 57.8 cm³/mol. The molecule has 0 amide bonds. The molecule has 2 N–H and O–H groups in total. The van der Waals surface area contributed by atoms with Gasteiger partial charge in [0.25, 0.3) is 0 Å². The summed E-state index contributed by atoms with van der Waals surface area (Å²) in [6, 6.07) is 1.69. The van der Waals surface area contributed by atoms with Gasteiger partial charge in [0.1, 0.15) is 5.82 Å². The highest BCUT2D eigenvalue weighted by Gasteiger charge is 2.35. The van der Waals surface area contributed by atoms with Crippen LogP contribution in [-0.2, 0) is 6.18 Å². The molecule has 0 spiro atoms. The minimum atomic E-state index is -4.61. The molecule has 0 aliphatic rings. The highest BCUT2D eigenvalue weighted by atomic mass is 19.4. The molecule has 1 atom stereocenters. The Labute approximate surface area is 96.9 Å². The number of nitrogens with two attached hydrogens (primary N) is 1. The molecule has 0 radical (unpaired) electrons. The van der Waals surface area contributed by atoms with Crippen LogP contribution in [0, 0.1) is 5.82 Å². The molecule has 0 fully saturated rings. The van der Waals surface area contributed by atoms with Crippen LogP contribution in [0.25, 0.3) is 0 Å². The molecule has 0 aliphatic carbocycles. The normalized spacial score (nSPS) is 13.5. The third-order valence-electron chi connectivity index (χ3n) is 2.29. The predicted octanol–water partition coefficient (Wildman–Crippen LogP) is 3.81. The number of benzene rings is 1. The molecule has 1 nitrogen and oxygen atoms in total. The third-order valence-corrected chi connectivity index (χ3v) is 2.29. The minimum absolute atomic E-state index is 0.109. The highest BCUT2D eigenvalue weighted by Crippen LogP contribution is 2.35. The molecule has 0 saturated heterocycles. The Kier molecular flexibility index (Phi) is 3.93. The Morgan fingerprint density at radius 3 is 2.47 bits per heavy atom. The van der Waals surface area contributed by atoms with Crippen molar-refractivity contribution < 1.29 is 17.6 Å². The zero-order valence-corrected chi connectivity index (χ0v) is 9.31. The summed E-state index contributed by atoms with van der Waals surface area (Å²) < 4.78 is 50.9. The summed E-state index contributed by atoms with van der Waals surface area (Å²) in [5, 5.41) is 0. The van der Waals surface area contributed by atoms with E-state index < -0.39 is 23.6 Å². The maximum Gasteiger partial charge on any atom is 0.416 e. The largest absolute Gasteiger partial charge is 0.416 e. The number of hydrogen-bond donors (Lipinski definition) is 1. The molecule has 0 saturated carbocycles. The van der Waals surface area contributed by atoms with E-state index >= 15 is 0 Å². The van der Waals surface area contributed by atoms with Crippen LogP contribution in [0.4, 0.5) is 17.6 Å². The molecule has 5 heteroatoms. The summed E-state index contributed by atoms with van der Waals surface area (Å²) in [5.74, 6) is -0.927. The van der Waals surface area contributed by atoms with Gasteiger partial charge in [-0.05, 0) is 31.0 Å². The maximum absolute atomic E-state index is 12.8. The van der Waals surface area contributed by atoms with Gasteiger partial charge < -0.3 is 5.73 Å². The second-order valence-electron chi connectivity index (χ2n) is 4.00. The molecular weight excluding hydrogens is 234 g/mol. The topological polar surface area (TPSA) is 26.0 Å². The molecule has 1 aromatic carbocycles. The van der Waals surface area contributed by atoms with Gasteiger partial charge in [-0.15, -0.1) is 6.58 Å². The fourth-order valence-electron chi connectivity index (χ4n) is 1.58. The Hall–Kier alpha value is -1.36. The minimum Gasteiger partial charge on any atom is -0.324 e. The maximum atomic E-state index is 12.8. The summed E-state index contributed by atoms with van der Waals surface area (Å²) in [6.07, 6.45) is -4.38. The van der Waals surface area contributed by atoms with Crippen LogP contribution in [0.15, 0.2) is 30.4 Å². The first-order valence-corrected chi connectivity index (χ1v) is 4.98. The second kappa shape index (κ2) is 4.87. The van der Waals surface area contributed by atoms with Gasteiger partial charge in [-0.25, -0.2) is 4.39 Å². The zero-order valence-electron chi connectivity index (χ0n) is 9.31. The van der Waals surface area contributed by atoms with Gasteiger partial charge in [0, 0.05) is 6.04 Å². The van der Waals surface area contributed by atoms with Gasteiger partial charge in [-0.2, -0.15) is 13.2 Å². The molecule has 0 aromatic heterocycles. The monoisotopic (exact) mass is 247 g/mol. The molecule has 1 rings (SSSR count). The third kappa shape index (κ3) is 3.56. The lowest BCUT2D eigenvalue weighted by molar-refractivity contribution is -0.138. The van der Waals surface area contributed by atoms with Gasteiger partial charge in [-0.1, -0.05) is 11.6 Å². The number of rotatable bonds is 3. The van der Waals surface area contributed by atoms with Crippen molar-refractivity contribution in [3.05, 3.63) is 47.3 Å². The molecule has 0 aliphatic heterocycles. The van der Waals surface area contributed by atoms with Crippen LogP contribution in [0.1, 0.15) is 30.5 Å². The summed E-state index contributed by atoms with van der Waals surface area (Å²) in [5.41, 5.74) is 5.20. The Balaban J connectivity index is 3.19. The number of alkyl halides is 3. The summed E-state index contributed by atoms with van der Waals surface area (Å²) >= 11 is 0. The van der Waals surface area contributed by atoms with Gasteiger partial charge in [0.05, 0.1) is 5.56 Å². The van der Waals surface area contributed by atoms with E-state index in [2.05, 4.69) is 6.58 Å². The van der Waals surface area contributed by atoms with E-state index in [1.165, 1.54) is 0 Å². The van der Waals surface area contributed by atoms with E-state index in [9.17, 15) is 17.6 Å². The zero-order chi connectivity index (χ0) is 13.2. The smallest absolute Gasteiger partial charge is 0.324 e. The average Bonchev–Trinajstić information content (AvgIpc) is 2.14. The van der Waals surface area contributed by atoms with E-state index in [4.69, 9.17) is 5.73 Å². The first kappa shape index (κ1) is 13.7. The van der Waals surface area contributed by atoms with E-state index in [1.807, 2.05) is 0 Å². The van der Waals surface area contributed by atoms with Crippen LogP contribution in [0.3, 0.4) is 0 Å². The van der Waals surface area contributed by atoms with Crippen LogP contribution in [0.5, 0.6) is 0 Å². The Bertz CT molecular complexity index is 423. The fraction of sp³-hybridized carbons (Fsp3) is 0.333. The summed E-state index contributed by atoms with van der Waals surface area (Å²) in [4.78, 5) is 0. The van der Waals surface area contributed by atoms with Gasteiger partial charge in [0.2, 0.25) is 0 Å². The van der Waals surface area contributed by atoms with Gasteiger partial charge >= 0.3 is 6.18 Å². The van der Waals surface area contributed by atoms with Crippen molar-refractivity contribution in [1.29, 1.82) is 0 Å². The first-order chi connectivity index (χ1) is 7.71. The van der Waals surface area contributed by atoms with Crippen LogP contribution < -0.4 is 5.73 Å². The van der Waals surface area contributed by atoms with Crippen molar-refractivity contribution in [2.24, 2.45) is 5.73 Å². The Morgan fingerprint density at radius 1 is 1.41 bits per heavy atom. The quantitative estimate of drug-likeness (QED) is 0.638. The molecule has 0 bridgehead atoms. The Morgan fingerprint density at radius 2 is 2.00 bits per heavy atom. The SMILES string of the molecule is C=C(C)C[C@H](N)c1ccc(F)cc1C(F)(F)F. The fourth-order valence-corrected chi connectivity index (χ4v) is 1.58. The first-order valence-electron chi connectivity index (χ1n) is 4.98. The summed E-state index contributed by atoms with van der Waals surface area (Å²) in [7, 11) is 0. The van der Waals surface area contributed by atoms with Crippen molar-refractivity contribution in [2.45, 2.75) is 25.6 Å². The van der Waals surface area contributed by atoms with E-state index in [0.717, 1.165) is 12.1 Å². The van der Waals surface area contributed by atoms with Gasteiger partial charge in [0.15, 0.2) is 0 Å². The molecular formula is C12H13F4N. The van der Waals surface area contributed by atoms with Gasteiger partial charge in [-0.3, -0.25) is 0 Å². The van der Waals surface area contributed by atoms with Crippen LogP contribution in [-0.4, -0.2) is 0 Å². The highest BCUT2D eigenvalue weighted by molar-refractivity contribution is 5.33. The lowest BCUT2D eigenvalue weighted by Gasteiger charge is -2.18. The van der Waals surface area contributed by atoms with E-state index in [-0.39, 0.29) is 12.0 Å². The van der Waals surface area contributed by atoms with E-state index in [1.54, 1.807) is 6.92 Å². The van der Waals surface area contributed by atoms with Crippen molar-refractivity contribution in [3.63, 3.8) is 0 Å². The second-order valence-corrected chi connectivity index (χ2v) is 4.00. The van der Waals surface area contributed by atoms with Crippen LogP contribution >= 0.6 is 0 Å². The van der Waals surface area contributed by atoms with Crippen molar-refractivity contribution in [1.82, 2.24) is 0 Å². The van der Waals surface area contributed by atoms with Crippen LogP contribution in [0.2, 0.25) is 0 Å². The summed E-state index contributed by atoms with van der Waals surface area (Å²) in [6.45, 7) is 5.27. The van der Waals surface area contributed by atoms with Crippen molar-refractivity contribution in [3.8, 4) is 0 Å².